The molecule has 1 aliphatic rings. The molecule has 1 atom stereocenters. The molecule has 0 amide bonds. The summed E-state index contributed by atoms with van der Waals surface area (Å²) in [4.78, 5) is 16.3. The predicted molar refractivity (Wildman–Crippen MR) is 82.9 cm³/mol. The molecule has 0 radical (unpaired) electrons. The van der Waals surface area contributed by atoms with E-state index in [1.807, 2.05) is 4.72 Å². The lowest BCUT2D eigenvalue weighted by molar-refractivity contribution is -0.182. The third-order valence-corrected chi connectivity index (χ3v) is 6.39. The highest BCUT2D eigenvalue weighted by Gasteiger charge is 2.44. The van der Waals surface area contributed by atoms with Gasteiger partial charge in [-0.05, 0) is 0 Å². The van der Waals surface area contributed by atoms with Crippen LogP contribution in [0.2, 0.25) is 0 Å². The van der Waals surface area contributed by atoms with Gasteiger partial charge in [-0.1, -0.05) is 0 Å². The number of methoxy groups -OCH3 is 1. The number of halogens is 3. The molecular weight excluding hydrogens is 385 g/mol. The zero-order valence-electron chi connectivity index (χ0n) is 13.2. The van der Waals surface area contributed by atoms with Crippen LogP contribution in [0.3, 0.4) is 0 Å². The number of alkyl halides is 3. The van der Waals surface area contributed by atoms with Gasteiger partial charge in [0.2, 0.25) is 0 Å². The first-order chi connectivity index (χ1) is 11.7. The van der Waals surface area contributed by atoms with E-state index in [9.17, 15) is 26.4 Å². The summed E-state index contributed by atoms with van der Waals surface area (Å²) in [5.74, 6) is -0.976. The number of aromatic nitrogens is 1. The number of nitrogens with zero attached hydrogens (tertiary/aromatic N) is 2. The molecule has 8 nitrogen and oxygen atoms in total. The van der Waals surface area contributed by atoms with Gasteiger partial charge in [-0.3, -0.25) is 4.90 Å². The van der Waals surface area contributed by atoms with Crippen molar-refractivity contribution in [1.29, 1.82) is 0 Å². The van der Waals surface area contributed by atoms with E-state index >= 15 is 0 Å². The Morgan fingerprint density at radius 1 is 1.48 bits per heavy atom. The van der Waals surface area contributed by atoms with Crippen LogP contribution in [0, 0.1) is 0 Å². The van der Waals surface area contributed by atoms with Crippen LogP contribution in [0.25, 0.3) is 0 Å². The number of hydrogen-bond acceptors (Lipinski definition) is 8. The van der Waals surface area contributed by atoms with E-state index in [1.165, 1.54) is 4.90 Å². The monoisotopic (exact) mass is 402 g/mol. The molecule has 1 aliphatic heterocycles. The summed E-state index contributed by atoms with van der Waals surface area (Å²) in [6.45, 7) is 0.228. The summed E-state index contributed by atoms with van der Waals surface area (Å²) in [5.41, 5.74) is 0.656. The van der Waals surface area contributed by atoms with E-state index < -0.39 is 44.7 Å². The van der Waals surface area contributed by atoms with Gasteiger partial charge >= 0.3 is 12.1 Å². The second kappa shape index (κ2) is 7.95. The van der Waals surface area contributed by atoms with Gasteiger partial charge in [0.15, 0.2) is 9.90 Å². The number of piperazine rings is 1. The molecular formula is C12H17F3N4O4S2. The normalized spacial score (nSPS) is 18.1. The Hall–Kier alpha value is -1.28. The van der Waals surface area contributed by atoms with E-state index in [1.54, 1.807) is 0 Å². The first kappa shape index (κ1) is 20.0. The van der Waals surface area contributed by atoms with Crippen molar-refractivity contribution in [1.82, 2.24) is 19.9 Å². The van der Waals surface area contributed by atoms with Crippen LogP contribution in [-0.2, 0) is 14.8 Å². The third-order valence-electron chi connectivity index (χ3n) is 3.59. The van der Waals surface area contributed by atoms with E-state index in [2.05, 4.69) is 15.0 Å². The van der Waals surface area contributed by atoms with Crippen molar-refractivity contribution in [3.8, 4) is 0 Å². The Morgan fingerprint density at radius 3 is 2.68 bits per heavy atom. The smallest absolute Gasteiger partial charge is 0.405 e. The van der Waals surface area contributed by atoms with E-state index in [0.717, 1.165) is 12.6 Å². The minimum atomic E-state index is -4.60. The Labute approximate surface area is 146 Å². The SMILES string of the molecule is COC(=O)c1ncsc1S(=O)(=O)NC[C@H](N1CCNCC1)C(F)(F)F. The highest BCUT2D eigenvalue weighted by Crippen LogP contribution is 2.26. The summed E-state index contributed by atoms with van der Waals surface area (Å²) in [6, 6.07) is -1.96. The van der Waals surface area contributed by atoms with Gasteiger partial charge in [0, 0.05) is 32.7 Å². The molecule has 2 heterocycles. The molecule has 2 rings (SSSR count). The average molecular weight is 402 g/mol. The van der Waals surface area contributed by atoms with E-state index in [-0.39, 0.29) is 13.1 Å². The molecule has 0 aromatic carbocycles. The van der Waals surface area contributed by atoms with Crippen LogP contribution in [0.5, 0.6) is 0 Å². The summed E-state index contributed by atoms with van der Waals surface area (Å²) in [6.07, 6.45) is -4.60. The van der Waals surface area contributed by atoms with Crippen molar-refractivity contribution in [2.24, 2.45) is 0 Å². The van der Waals surface area contributed by atoms with E-state index in [4.69, 9.17) is 0 Å². The van der Waals surface area contributed by atoms with Crippen molar-refractivity contribution in [3.63, 3.8) is 0 Å². The second-order valence-corrected chi connectivity index (χ2v) is 7.99. The quantitative estimate of drug-likeness (QED) is 0.648. The molecule has 1 aromatic rings. The fraction of sp³-hybridized carbons (Fsp3) is 0.667. The molecule has 1 aromatic heterocycles. The van der Waals surface area contributed by atoms with Crippen molar-refractivity contribution < 1.29 is 31.1 Å². The number of esters is 1. The van der Waals surface area contributed by atoms with Crippen LogP contribution in [0.15, 0.2) is 9.72 Å². The van der Waals surface area contributed by atoms with Crippen molar-refractivity contribution in [2.75, 3.05) is 39.8 Å². The zero-order valence-corrected chi connectivity index (χ0v) is 14.8. The van der Waals surface area contributed by atoms with Crippen LogP contribution in [0.4, 0.5) is 13.2 Å². The lowest BCUT2D eigenvalue weighted by atomic mass is 10.2. The fourth-order valence-electron chi connectivity index (χ4n) is 2.36. The van der Waals surface area contributed by atoms with Gasteiger partial charge in [0.1, 0.15) is 6.04 Å². The summed E-state index contributed by atoms with van der Waals surface area (Å²) >= 11 is 0.628. The lowest BCUT2D eigenvalue weighted by Crippen LogP contribution is -2.57. The van der Waals surface area contributed by atoms with E-state index in [0.29, 0.717) is 24.4 Å². The molecule has 142 valence electrons. The first-order valence-corrected chi connectivity index (χ1v) is 9.56. The molecule has 1 saturated heterocycles. The van der Waals surface area contributed by atoms with Crippen LogP contribution < -0.4 is 10.0 Å². The Balaban J connectivity index is 2.16. The number of sulfonamides is 1. The minimum Gasteiger partial charge on any atom is -0.464 e. The molecule has 1 fully saturated rings. The summed E-state index contributed by atoms with van der Waals surface area (Å²) in [7, 11) is -3.28. The average Bonchev–Trinajstić information content (AvgIpc) is 3.04. The number of thiazole rings is 1. The molecule has 13 heteroatoms. The number of carbonyl (C=O) groups excluding carboxylic acids is 1. The van der Waals surface area contributed by atoms with Gasteiger partial charge in [0.25, 0.3) is 10.0 Å². The molecule has 0 bridgehead atoms. The molecule has 0 unspecified atom stereocenters. The predicted octanol–water partition coefficient (Wildman–Crippen LogP) is 0.0441. The second-order valence-electron chi connectivity index (χ2n) is 5.18. The Kier molecular flexibility index (Phi) is 6.37. The highest BCUT2D eigenvalue weighted by atomic mass is 32.2. The highest BCUT2D eigenvalue weighted by molar-refractivity contribution is 7.91. The molecule has 0 spiro atoms. The number of hydrogen-bond donors (Lipinski definition) is 2. The van der Waals surface area contributed by atoms with Gasteiger partial charge < -0.3 is 10.1 Å². The summed E-state index contributed by atoms with van der Waals surface area (Å²) < 4.78 is 70.4. The maximum Gasteiger partial charge on any atom is 0.405 e. The van der Waals surface area contributed by atoms with Gasteiger partial charge in [-0.15, -0.1) is 11.3 Å². The standard InChI is InChI=1S/C12H17F3N4O4S2/c1-23-10(20)9-11(24-7-17-9)25(21,22)18-6-8(12(13,14)15)19-4-2-16-3-5-19/h7-8,16,18H,2-6H2,1H3/t8-/m0/s1. The van der Waals surface area contributed by atoms with Gasteiger partial charge in [0.05, 0.1) is 12.6 Å². The van der Waals surface area contributed by atoms with Crippen LogP contribution >= 0.6 is 11.3 Å². The van der Waals surface area contributed by atoms with Crippen LogP contribution in [-0.4, -0.2) is 76.3 Å². The van der Waals surface area contributed by atoms with Gasteiger partial charge in [-0.2, -0.15) is 13.2 Å². The topological polar surface area (TPSA) is 101 Å². The molecule has 25 heavy (non-hydrogen) atoms. The lowest BCUT2D eigenvalue weighted by Gasteiger charge is -2.35. The largest absolute Gasteiger partial charge is 0.464 e. The van der Waals surface area contributed by atoms with Crippen molar-refractivity contribution in [3.05, 3.63) is 11.2 Å². The molecule has 0 saturated carbocycles. The number of rotatable bonds is 6. The number of carbonyl (C=O) groups is 1. The van der Waals surface area contributed by atoms with Gasteiger partial charge in [-0.25, -0.2) is 22.9 Å². The Morgan fingerprint density at radius 2 is 2.12 bits per heavy atom. The molecule has 0 aliphatic carbocycles. The fourth-order valence-corrected chi connectivity index (χ4v) is 4.57. The number of nitrogens with one attached hydrogen (secondary N) is 2. The minimum absolute atomic E-state index is 0.153. The maximum atomic E-state index is 13.3. The van der Waals surface area contributed by atoms with Crippen molar-refractivity contribution in [2.45, 2.75) is 16.4 Å². The summed E-state index contributed by atoms with van der Waals surface area (Å²) in [5, 5.41) is 2.94. The molecule has 2 N–H and O–H groups in total. The Bertz CT molecular complexity index is 701. The first-order valence-electron chi connectivity index (χ1n) is 7.19. The number of ether oxygens (including phenoxy) is 1. The van der Waals surface area contributed by atoms with Crippen LogP contribution in [0.1, 0.15) is 10.5 Å². The van der Waals surface area contributed by atoms with Crippen molar-refractivity contribution >= 4 is 27.3 Å². The maximum absolute atomic E-state index is 13.3. The third kappa shape index (κ3) is 4.88. The zero-order chi connectivity index (χ0) is 18.7.